The van der Waals surface area contributed by atoms with Gasteiger partial charge in [-0.05, 0) is 56.7 Å². The summed E-state index contributed by atoms with van der Waals surface area (Å²) in [7, 11) is 0. The van der Waals surface area contributed by atoms with E-state index in [1.54, 1.807) is 13.0 Å². The predicted molar refractivity (Wildman–Crippen MR) is 130 cm³/mol. The van der Waals surface area contributed by atoms with Crippen molar-refractivity contribution in [2.24, 2.45) is 5.92 Å². The van der Waals surface area contributed by atoms with Crippen molar-refractivity contribution < 1.29 is 23.1 Å². The lowest BCUT2D eigenvalue weighted by molar-refractivity contribution is -0.120. The molecule has 5 rings (SSSR count). The first-order valence-electron chi connectivity index (χ1n) is 12.3. The number of benzene rings is 1. The highest BCUT2D eigenvalue weighted by Gasteiger charge is 2.33. The summed E-state index contributed by atoms with van der Waals surface area (Å²) in [6.07, 6.45) is 3.42. The highest BCUT2D eigenvalue weighted by molar-refractivity contribution is 6.09. The number of halogens is 2. The summed E-state index contributed by atoms with van der Waals surface area (Å²) < 4.78 is 35.0. The van der Waals surface area contributed by atoms with Gasteiger partial charge in [0.05, 0.1) is 23.7 Å². The monoisotopic (exact) mass is 497 g/mol. The number of nitrogens with one attached hydrogen (secondary N) is 3. The van der Waals surface area contributed by atoms with Crippen molar-refractivity contribution in [3.8, 4) is 17.0 Å². The SMILES string of the molecule is CC(=O)N[C@H]1CC[C@H](NC(=O)c2c(C)[nH]c3c(-c4cc(F)ccc4OCC4CC4)ncnc23)[C@H](F)C1. The average molecular weight is 498 g/mol. The molecule has 2 aromatic heterocycles. The number of rotatable bonds is 7. The standard InChI is InChI=1S/C26H29F2N5O3/c1-13-22(26(35)33-20-7-6-17(10-19(20)28)32-14(2)34)24-25(31-13)23(29-12-30-24)18-9-16(27)5-8-21(18)36-11-15-3-4-15/h5,8-9,12,15,17,19-20,31H,3-4,6-7,10-11H2,1-2H3,(H,32,34)(H,33,35)/t17-,19+,20-/m0/s1. The fraction of sp³-hybridized carbons (Fsp3) is 0.462. The number of amides is 2. The van der Waals surface area contributed by atoms with Gasteiger partial charge < -0.3 is 20.4 Å². The maximum Gasteiger partial charge on any atom is 0.255 e. The molecule has 8 nitrogen and oxygen atoms in total. The molecular formula is C26H29F2N5O3. The molecule has 0 unspecified atom stereocenters. The number of carbonyl (C=O) groups is 2. The van der Waals surface area contributed by atoms with Gasteiger partial charge >= 0.3 is 0 Å². The van der Waals surface area contributed by atoms with E-state index >= 15 is 0 Å². The largest absolute Gasteiger partial charge is 0.493 e. The molecule has 0 spiro atoms. The van der Waals surface area contributed by atoms with Gasteiger partial charge in [0, 0.05) is 30.6 Å². The second-order valence-corrected chi connectivity index (χ2v) is 9.77. The predicted octanol–water partition coefficient (Wildman–Crippen LogP) is 3.99. The summed E-state index contributed by atoms with van der Waals surface area (Å²) in [5.74, 6) is -0.0418. The molecule has 1 aromatic carbocycles. The molecule has 190 valence electrons. The van der Waals surface area contributed by atoms with Crippen molar-refractivity contribution in [2.75, 3.05) is 6.61 Å². The Labute approximate surface area is 207 Å². The van der Waals surface area contributed by atoms with E-state index in [9.17, 15) is 18.4 Å². The van der Waals surface area contributed by atoms with Crippen molar-refractivity contribution in [1.82, 2.24) is 25.6 Å². The molecule has 2 aliphatic carbocycles. The Hall–Kier alpha value is -3.56. The van der Waals surface area contributed by atoms with E-state index in [1.165, 1.54) is 25.4 Å². The van der Waals surface area contributed by atoms with Gasteiger partial charge in [-0.2, -0.15) is 0 Å². The van der Waals surface area contributed by atoms with Crippen molar-refractivity contribution >= 4 is 22.8 Å². The van der Waals surface area contributed by atoms with E-state index in [4.69, 9.17) is 4.74 Å². The number of hydrogen-bond acceptors (Lipinski definition) is 5. The van der Waals surface area contributed by atoms with Crippen LogP contribution in [0.3, 0.4) is 0 Å². The van der Waals surface area contributed by atoms with E-state index in [1.807, 2.05) is 0 Å². The minimum Gasteiger partial charge on any atom is -0.493 e. The minimum absolute atomic E-state index is 0.146. The van der Waals surface area contributed by atoms with Crippen molar-refractivity contribution in [2.45, 2.75) is 64.2 Å². The van der Waals surface area contributed by atoms with Crippen LogP contribution in [-0.4, -0.2) is 51.6 Å². The Morgan fingerprint density at radius 1 is 1.17 bits per heavy atom. The molecule has 10 heteroatoms. The zero-order valence-electron chi connectivity index (χ0n) is 20.2. The zero-order chi connectivity index (χ0) is 25.4. The average Bonchev–Trinajstić information content (AvgIpc) is 3.59. The van der Waals surface area contributed by atoms with Crippen molar-refractivity contribution in [3.05, 3.63) is 41.6 Å². The third kappa shape index (κ3) is 5.03. The Morgan fingerprint density at radius 3 is 2.69 bits per heavy atom. The van der Waals surface area contributed by atoms with E-state index in [0.29, 0.717) is 64.7 Å². The Kier molecular flexibility index (Phi) is 6.59. The Balaban J connectivity index is 1.41. The van der Waals surface area contributed by atoms with Crippen LogP contribution in [0.5, 0.6) is 5.75 Å². The number of hydrogen-bond donors (Lipinski definition) is 3. The molecule has 3 N–H and O–H groups in total. The molecule has 2 amide bonds. The van der Waals surface area contributed by atoms with Gasteiger partial charge in [-0.25, -0.2) is 18.7 Å². The second kappa shape index (κ2) is 9.83. The van der Waals surface area contributed by atoms with Crippen LogP contribution in [0.15, 0.2) is 24.5 Å². The van der Waals surface area contributed by atoms with Crippen LogP contribution >= 0.6 is 0 Å². The Morgan fingerprint density at radius 2 is 1.97 bits per heavy atom. The summed E-state index contributed by atoms with van der Waals surface area (Å²) in [6.45, 7) is 3.69. The van der Waals surface area contributed by atoms with Crippen LogP contribution in [-0.2, 0) is 4.79 Å². The number of carbonyl (C=O) groups excluding carboxylic acids is 2. The lowest BCUT2D eigenvalue weighted by Crippen LogP contribution is -2.49. The molecule has 0 saturated heterocycles. The molecule has 0 aliphatic heterocycles. The van der Waals surface area contributed by atoms with Gasteiger partial charge in [-0.3, -0.25) is 9.59 Å². The first-order valence-corrected chi connectivity index (χ1v) is 12.3. The fourth-order valence-corrected chi connectivity index (χ4v) is 4.85. The van der Waals surface area contributed by atoms with Gasteiger partial charge in [-0.1, -0.05) is 0 Å². The van der Waals surface area contributed by atoms with E-state index in [-0.39, 0.29) is 18.4 Å². The summed E-state index contributed by atoms with van der Waals surface area (Å²) in [5.41, 5.74) is 2.58. The van der Waals surface area contributed by atoms with E-state index < -0.39 is 23.9 Å². The van der Waals surface area contributed by atoms with Crippen LogP contribution < -0.4 is 15.4 Å². The van der Waals surface area contributed by atoms with Crippen molar-refractivity contribution in [1.29, 1.82) is 0 Å². The van der Waals surface area contributed by atoms with Crippen LogP contribution in [0.4, 0.5) is 8.78 Å². The van der Waals surface area contributed by atoms with Crippen LogP contribution in [0.2, 0.25) is 0 Å². The molecule has 2 saturated carbocycles. The molecular weight excluding hydrogens is 468 g/mol. The lowest BCUT2D eigenvalue weighted by atomic mass is 9.89. The second-order valence-electron chi connectivity index (χ2n) is 9.77. The number of alkyl halides is 1. The molecule has 36 heavy (non-hydrogen) atoms. The van der Waals surface area contributed by atoms with Gasteiger partial charge in [0.15, 0.2) is 0 Å². The topological polar surface area (TPSA) is 109 Å². The summed E-state index contributed by atoms with van der Waals surface area (Å²) >= 11 is 0. The van der Waals surface area contributed by atoms with Crippen LogP contribution in [0, 0.1) is 18.7 Å². The Bertz CT molecular complexity index is 1310. The molecule has 2 heterocycles. The number of fused-ring (bicyclic) bond motifs is 1. The normalized spacial score (nSPS) is 21.8. The highest BCUT2D eigenvalue weighted by atomic mass is 19.1. The van der Waals surface area contributed by atoms with Gasteiger partial charge in [0.2, 0.25) is 5.91 Å². The minimum atomic E-state index is -1.28. The molecule has 0 bridgehead atoms. The highest BCUT2D eigenvalue weighted by Crippen LogP contribution is 2.37. The maximum absolute atomic E-state index is 14.8. The van der Waals surface area contributed by atoms with Crippen LogP contribution in [0.25, 0.3) is 22.3 Å². The molecule has 0 radical (unpaired) electrons. The van der Waals surface area contributed by atoms with E-state index in [2.05, 4.69) is 25.6 Å². The number of aromatic nitrogens is 3. The smallest absolute Gasteiger partial charge is 0.255 e. The fourth-order valence-electron chi connectivity index (χ4n) is 4.85. The summed E-state index contributed by atoms with van der Waals surface area (Å²) in [6, 6.07) is 3.39. The van der Waals surface area contributed by atoms with Gasteiger partial charge in [0.1, 0.15) is 35.3 Å². The zero-order valence-corrected chi connectivity index (χ0v) is 20.2. The third-order valence-corrected chi connectivity index (χ3v) is 6.86. The number of aromatic amines is 1. The van der Waals surface area contributed by atoms with Crippen LogP contribution in [0.1, 0.15) is 55.1 Å². The number of ether oxygens (including phenoxy) is 1. The first kappa shape index (κ1) is 24.1. The van der Waals surface area contributed by atoms with Gasteiger partial charge in [0.25, 0.3) is 5.91 Å². The lowest BCUT2D eigenvalue weighted by Gasteiger charge is -2.32. The first-order chi connectivity index (χ1) is 17.3. The van der Waals surface area contributed by atoms with Crippen molar-refractivity contribution in [3.63, 3.8) is 0 Å². The van der Waals surface area contributed by atoms with Gasteiger partial charge in [-0.15, -0.1) is 0 Å². The summed E-state index contributed by atoms with van der Waals surface area (Å²) in [4.78, 5) is 36.4. The number of H-pyrrole nitrogens is 1. The maximum atomic E-state index is 14.8. The quantitative estimate of drug-likeness (QED) is 0.458. The molecule has 3 aromatic rings. The molecule has 2 fully saturated rings. The third-order valence-electron chi connectivity index (χ3n) is 6.86. The molecule has 2 aliphatic rings. The summed E-state index contributed by atoms with van der Waals surface area (Å²) in [5, 5.41) is 5.55. The molecule has 3 atom stereocenters. The number of nitrogens with zero attached hydrogens (tertiary/aromatic N) is 2. The van der Waals surface area contributed by atoms with E-state index in [0.717, 1.165) is 12.8 Å². The number of aryl methyl sites for hydroxylation is 1.